The minimum atomic E-state index is -1.28. The largest absolute Gasteiger partial charge is 0.456 e. The third-order valence-electron chi connectivity index (χ3n) is 3.30. The fraction of sp³-hybridized carbons (Fsp3) is 0.167. The number of aromatic nitrogens is 1. The summed E-state index contributed by atoms with van der Waals surface area (Å²) >= 11 is 6.21. The molecule has 0 bridgehead atoms. The van der Waals surface area contributed by atoms with Crippen LogP contribution in [0.1, 0.15) is 13.8 Å². The molecule has 2 aromatic rings. The Morgan fingerprint density at radius 2 is 1.88 bits per heavy atom. The molecule has 1 N–H and O–H groups in total. The lowest BCUT2D eigenvalue weighted by molar-refractivity contribution is -0.222. The first-order valence-electron chi connectivity index (χ1n) is 7.65. The molecule has 1 aromatic carbocycles. The maximum absolute atomic E-state index is 11.9. The fourth-order valence-corrected chi connectivity index (χ4v) is 2.37. The first kappa shape index (κ1) is 17.8. The van der Waals surface area contributed by atoms with E-state index in [1.54, 1.807) is 42.7 Å². The fourth-order valence-electron chi connectivity index (χ4n) is 2.15. The third kappa shape index (κ3) is 4.12. The minimum absolute atomic E-state index is 0.254. The van der Waals surface area contributed by atoms with Crippen LogP contribution in [0, 0.1) is 0 Å². The van der Waals surface area contributed by atoms with Gasteiger partial charge in [0.2, 0.25) is 0 Å². The zero-order valence-electron chi connectivity index (χ0n) is 14.0. The number of halogens is 1. The number of cyclic esters (lactones) is 2. The number of benzene rings is 1. The number of nitrogens with one attached hydrogen (secondary N) is 1. The molecule has 134 valence electrons. The van der Waals surface area contributed by atoms with Gasteiger partial charge in [0.25, 0.3) is 5.79 Å². The van der Waals surface area contributed by atoms with Crippen molar-refractivity contribution in [3.8, 4) is 11.5 Å². The van der Waals surface area contributed by atoms with Crippen molar-refractivity contribution < 1.29 is 23.8 Å². The molecule has 1 aromatic heterocycles. The lowest BCUT2D eigenvalue weighted by Crippen LogP contribution is -2.42. The maximum Gasteiger partial charge on any atom is 0.350 e. The lowest BCUT2D eigenvalue weighted by atomic mass is 10.2. The Bertz CT molecular complexity index is 858. The van der Waals surface area contributed by atoms with E-state index in [4.69, 9.17) is 25.8 Å². The number of hydrogen-bond acceptors (Lipinski definition) is 7. The summed E-state index contributed by atoms with van der Waals surface area (Å²) < 4.78 is 15.7. The molecule has 0 spiro atoms. The molecule has 0 atom stereocenters. The molecule has 1 aliphatic heterocycles. The second-order valence-electron chi connectivity index (χ2n) is 5.81. The number of pyridine rings is 1. The van der Waals surface area contributed by atoms with E-state index < -0.39 is 17.7 Å². The van der Waals surface area contributed by atoms with Crippen LogP contribution in [0.4, 0.5) is 5.69 Å². The molecule has 26 heavy (non-hydrogen) atoms. The SMILES string of the molecule is CC1(C)OC(=O)C(=CNc2ccc(Oc3cccnc3)cc2Cl)C(=O)O1. The van der Waals surface area contributed by atoms with Gasteiger partial charge in [0, 0.05) is 32.3 Å². The van der Waals surface area contributed by atoms with E-state index in [1.807, 2.05) is 0 Å². The summed E-state index contributed by atoms with van der Waals surface area (Å²) in [4.78, 5) is 27.7. The van der Waals surface area contributed by atoms with E-state index in [0.29, 0.717) is 22.2 Å². The third-order valence-corrected chi connectivity index (χ3v) is 3.61. The summed E-state index contributed by atoms with van der Waals surface area (Å²) in [5.74, 6) is -1.74. The topological polar surface area (TPSA) is 86.8 Å². The van der Waals surface area contributed by atoms with Crippen LogP contribution < -0.4 is 10.1 Å². The quantitative estimate of drug-likeness (QED) is 0.496. The Morgan fingerprint density at radius 3 is 2.50 bits per heavy atom. The standard InChI is InChI=1S/C18H15ClN2O5/c1-18(2)25-16(22)13(17(23)26-18)10-21-15-6-5-11(8-14(15)19)24-12-4-3-7-20-9-12/h3-10,21H,1-2H3. The van der Waals surface area contributed by atoms with Crippen LogP contribution in [0.5, 0.6) is 11.5 Å². The molecule has 7 nitrogen and oxygen atoms in total. The average molecular weight is 375 g/mol. The van der Waals surface area contributed by atoms with Crippen LogP contribution >= 0.6 is 11.6 Å². The van der Waals surface area contributed by atoms with Crippen LogP contribution in [0.15, 0.2) is 54.5 Å². The number of hydrogen-bond donors (Lipinski definition) is 1. The maximum atomic E-state index is 11.9. The molecule has 1 saturated heterocycles. The Balaban J connectivity index is 1.72. The van der Waals surface area contributed by atoms with E-state index in [-0.39, 0.29) is 5.57 Å². The summed E-state index contributed by atoms with van der Waals surface area (Å²) in [5, 5.41) is 3.13. The van der Waals surface area contributed by atoms with Gasteiger partial charge in [-0.25, -0.2) is 9.59 Å². The number of ether oxygens (including phenoxy) is 3. The van der Waals surface area contributed by atoms with Gasteiger partial charge in [0.1, 0.15) is 11.5 Å². The summed E-state index contributed by atoms with van der Waals surface area (Å²) in [6.45, 7) is 2.95. The first-order chi connectivity index (χ1) is 12.3. The first-order valence-corrected chi connectivity index (χ1v) is 8.03. The van der Waals surface area contributed by atoms with Crippen molar-refractivity contribution in [1.29, 1.82) is 0 Å². The number of carbonyl (C=O) groups is 2. The Hall–Kier alpha value is -3.06. The van der Waals surface area contributed by atoms with Gasteiger partial charge in [0.05, 0.1) is 16.9 Å². The molecule has 0 saturated carbocycles. The van der Waals surface area contributed by atoms with E-state index in [2.05, 4.69) is 10.3 Å². The molecule has 2 heterocycles. The second kappa shape index (κ2) is 7.05. The number of carbonyl (C=O) groups excluding carboxylic acids is 2. The molecule has 0 aliphatic carbocycles. The van der Waals surface area contributed by atoms with Crippen molar-refractivity contribution in [1.82, 2.24) is 4.98 Å². The normalized spacial score (nSPS) is 15.7. The van der Waals surface area contributed by atoms with Crippen molar-refractivity contribution >= 4 is 29.2 Å². The molecule has 8 heteroatoms. The highest BCUT2D eigenvalue weighted by Crippen LogP contribution is 2.30. The zero-order chi connectivity index (χ0) is 18.7. The van der Waals surface area contributed by atoms with Crippen molar-refractivity contribution in [2.75, 3.05) is 5.32 Å². The molecule has 0 amide bonds. The van der Waals surface area contributed by atoms with Crippen LogP contribution in [-0.2, 0) is 19.1 Å². The van der Waals surface area contributed by atoms with Gasteiger partial charge in [-0.1, -0.05) is 11.6 Å². The Kier molecular flexibility index (Phi) is 4.81. The Labute approximate surface area is 154 Å². The van der Waals surface area contributed by atoms with Crippen molar-refractivity contribution in [3.63, 3.8) is 0 Å². The molecular weight excluding hydrogens is 360 g/mol. The summed E-state index contributed by atoms with van der Waals surface area (Å²) in [6, 6.07) is 8.44. The molecule has 0 unspecified atom stereocenters. The predicted octanol–water partition coefficient (Wildman–Crippen LogP) is 3.66. The molecule has 3 rings (SSSR count). The molecule has 1 aliphatic rings. The van der Waals surface area contributed by atoms with E-state index in [1.165, 1.54) is 20.0 Å². The number of nitrogens with zero attached hydrogens (tertiary/aromatic N) is 1. The van der Waals surface area contributed by atoms with Crippen LogP contribution in [0.25, 0.3) is 0 Å². The summed E-state index contributed by atoms with van der Waals surface area (Å²) in [7, 11) is 0. The zero-order valence-corrected chi connectivity index (χ0v) is 14.7. The van der Waals surface area contributed by atoms with E-state index in [9.17, 15) is 9.59 Å². The van der Waals surface area contributed by atoms with Crippen LogP contribution in [-0.4, -0.2) is 22.7 Å². The van der Waals surface area contributed by atoms with Gasteiger partial charge in [-0.05, 0) is 24.3 Å². The van der Waals surface area contributed by atoms with Gasteiger partial charge in [-0.3, -0.25) is 4.98 Å². The second-order valence-corrected chi connectivity index (χ2v) is 6.22. The summed E-state index contributed by atoms with van der Waals surface area (Å²) in [6.07, 6.45) is 4.41. The molecule has 1 fully saturated rings. The van der Waals surface area contributed by atoms with Crippen molar-refractivity contribution in [3.05, 3.63) is 59.5 Å². The summed E-state index contributed by atoms with van der Waals surface area (Å²) in [5.41, 5.74) is 0.221. The van der Waals surface area contributed by atoms with Gasteiger partial charge >= 0.3 is 11.9 Å². The monoisotopic (exact) mass is 374 g/mol. The smallest absolute Gasteiger partial charge is 0.350 e. The van der Waals surface area contributed by atoms with Gasteiger partial charge in [-0.2, -0.15) is 0 Å². The van der Waals surface area contributed by atoms with Crippen molar-refractivity contribution in [2.45, 2.75) is 19.6 Å². The lowest BCUT2D eigenvalue weighted by Gasteiger charge is -2.29. The minimum Gasteiger partial charge on any atom is -0.456 e. The highest BCUT2D eigenvalue weighted by atomic mass is 35.5. The van der Waals surface area contributed by atoms with Gasteiger partial charge in [-0.15, -0.1) is 0 Å². The average Bonchev–Trinajstić information content (AvgIpc) is 2.55. The van der Waals surface area contributed by atoms with Crippen molar-refractivity contribution in [2.24, 2.45) is 0 Å². The number of esters is 2. The van der Waals surface area contributed by atoms with Gasteiger partial charge < -0.3 is 19.5 Å². The van der Waals surface area contributed by atoms with Gasteiger partial charge in [0.15, 0.2) is 5.57 Å². The predicted molar refractivity (Wildman–Crippen MR) is 93.7 cm³/mol. The van der Waals surface area contributed by atoms with Crippen LogP contribution in [0.3, 0.4) is 0 Å². The highest BCUT2D eigenvalue weighted by molar-refractivity contribution is 6.33. The number of anilines is 1. The molecular formula is C18H15ClN2O5. The highest BCUT2D eigenvalue weighted by Gasteiger charge is 2.38. The van der Waals surface area contributed by atoms with Crippen LogP contribution in [0.2, 0.25) is 5.02 Å². The van der Waals surface area contributed by atoms with E-state index in [0.717, 1.165) is 0 Å². The Morgan fingerprint density at radius 1 is 1.15 bits per heavy atom. The molecule has 0 radical (unpaired) electrons. The number of rotatable bonds is 4. The van der Waals surface area contributed by atoms with E-state index >= 15 is 0 Å².